The van der Waals surface area contributed by atoms with Crippen LogP contribution >= 0.6 is 0 Å². The molecule has 4 heteroatoms. The highest BCUT2D eigenvalue weighted by atomic mass is 15.0. The quantitative estimate of drug-likeness (QED) is 0.165. The van der Waals surface area contributed by atoms with Crippen molar-refractivity contribution in [1.82, 2.24) is 14.5 Å². The molecule has 3 nitrogen and oxygen atoms in total. The normalized spacial score (nSPS) is 11.3. The molecule has 0 N–H and O–H groups in total. The van der Waals surface area contributed by atoms with E-state index < -0.39 is 0 Å². The molecule has 0 atom stereocenters. The molecule has 0 aliphatic rings. The van der Waals surface area contributed by atoms with Crippen LogP contribution in [0.2, 0.25) is 0 Å². The summed E-state index contributed by atoms with van der Waals surface area (Å²) in [6.45, 7) is 9.19. The fraction of sp³-hybridized carbons (Fsp3) is 0.111. The van der Waals surface area contributed by atoms with E-state index >= 15 is 0 Å². The number of hydrogen-bond donors (Lipinski definition) is 0. The summed E-state index contributed by atoms with van der Waals surface area (Å²) in [5.74, 6) is 0. The predicted molar refractivity (Wildman–Crippen MR) is 208 cm³/mol. The van der Waals surface area contributed by atoms with Crippen molar-refractivity contribution in [3.8, 4) is 16.8 Å². The smallest absolute Gasteiger partial charge is 0.242 e. The van der Waals surface area contributed by atoms with E-state index in [1.54, 1.807) is 0 Å². The van der Waals surface area contributed by atoms with E-state index in [4.69, 9.17) is 0 Å². The zero-order valence-corrected chi connectivity index (χ0v) is 28.5. The van der Waals surface area contributed by atoms with E-state index in [1.165, 1.54) is 60.9 Å². The summed E-state index contributed by atoms with van der Waals surface area (Å²) in [6.07, 6.45) is 8.45. The Balaban J connectivity index is 1.04. The lowest BCUT2D eigenvalue weighted by Crippen LogP contribution is -2.55. The number of rotatable bonds is 7. The van der Waals surface area contributed by atoms with Crippen LogP contribution in [0, 0.1) is 27.7 Å². The molecule has 0 aliphatic heterocycles. The van der Waals surface area contributed by atoms with Crippen molar-refractivity contribution in [1.29, 1.82) is 0 Å². The fourth-order valence-electron chi connectivity index (χ4n) is 7.71. The second kappa shape index (κ2) is 12.7. The van der Waals surface area contributed by atoms with E-state index in [9.17, 15) is 0 Å². The monoisotopic (exact) mass is 631 g/mol. The summed E-state index contributed by atoms with van der Waals surface area (Å²) in [5.41, 5.74) is 18.0. The van der Waals surface area contributed by atoms with Gasteiger partial charge in [0.15, 0.2) is 0 Å². The van der Waals surface area contributed by atoms with Gasteiger partial charge in [-0.15, -0.1) is 0 Å². The van der Waals surface area contributed by atoms with Gasteiger partial charge in [-0.25, -0.2) is 0 Å². The highest BCUT2D eigenvalue weighted by molar-refractivity contribution is 6.96. The lowest BCUT2D eigenvalue weighted by molar-refractivity contribution is 1.17. The van der Waals surface area contributed by atoms with Gasteiger partial charge in [0.05, 0.1) is 11.0 Å². The number of benzene rings is 5. The van der Waals surface area contributed by atoms with Gasteiger partial charge in [0.1, 0.15) is 0 Å². The molecular formula is C45H38BN3. The fourth-order valence-corrected chi connectivity index (χ4v) is 7.71. The Morgan fingerprint density at radius 2 is 0.918 bits per heavy atom. The molecular weight excluding hydrogens is 593 g/mol. The maximum Gasteiger partial charge on any atom is 0.242 e. The number of pyridine rings is 2. The molecule has 0 saturated carbocycles. The third kappa shape index (κ3) is 5.64. The van der Waals surface area contributed by atoms with Gasteiger partial charge in [0.2, 0.25) is 6.71 Å². The van der Waals surface area contributed by atoms with Gasteiger partial charge in [0.25, 0.3) is 0 Å². The van der Waals surface area contributed by atoms with Gasteiger partial charge >= 0.3 is 0 Å². The van der Waals surface area contributed by atoms with Gasteiger partial charge in [-0.05, 0) is 80.6 Å². The first kappa shape index (κ1) is 30.6. The first-order valence-electron chi connectivity index (χ1n) is 17.1. The van der Waals surface area contributed by atoms with Crippen molar-refractivity contribution in [2.24, 2.45) is 0 Å². The lowest BCUT2D eigenvalue weighted by Gasteiger charge is -2.23. The average Bonchev–Trinajstić information content (AvgIpc) is 3.46. The molecule has 3 heterocycles. The SMILES string of the molecule is Cc1cccc(C)c1B(c1ccc(Cc2ccc(-c3ccc(-n4c5ccncc5c5cnccc54)cc3)cc2)cc1)c1c(C)cccc1C. The molecule has 8 aromatic rings. The molecule has 0 unspecified atom stereocenters. The van der Waals surface area contributed by atoms with Crippen LogP contribution in [0.1, 0.15) is 33.4 Å². The molecule has 5 aromatic carbocycles. The molecule has 8 rings (SSSR count). The van der Waals surface area contributed by atoms with E-state index in [0.717, 1.165) is 33.9 Å². The van der Waals surface area contributed by atoms with Gasteiger partial charge in [-0.1, -0.05) is 136 Å². The maximum absolute atomic E-state index is 4.36. The van der Waals surface area contributed by atoms with E-state index in [-0.39, 0.29) is 6.71 Å². The molecule has 0 saturated heterocycles. The Bertz CT molecular complexity index is 2290. The Morgan fingerprint density at radius 1 is 0.490 bits per heavy atom. The van der Waals surface area contributed by atoms with E-state index in [2.05, 4.69) is 164 Å². The molecule has 0 amide bonds. The molecule has 0 radical (unpaired) electrons. The highest BCUT2D eigenvalue weighted by Crippen LogP contribution is 2.31. The van der Waals surface area contributed by atoms with Crippen LogP contribution in [0.15, 0.2) is 146 Å². The summed E-state index contributed by atoms with van der Waals surface area (Å²) in [4.78, 5) is 8.72. The molecule has 236 valence electrons. The minimum atomic E-state index is 0.200. The van der Waals surface area contributed by atoms with Crippen molar-refractivity contribution in [2.75, 3.05) is 0 Å². The minimum Gasteiger partial charge on any atom is -0.309 e. The van der Waals surface area contributed by atoms with E-state index in [1.807, 2.05) is 24.8 Å². The summed E-state index contributed by atoms with van der Waals surface area (Å²) < 4.78 is 2.29. The zero-order valence-electron chi connectivity index (χ0n) is 28.5. The lowest BCUT2D eigenvalue weighted by atomic mass is 9.34. The molecule has 0 aliphatic carbocycles. The maximum atomic E-state index is 4.36. The van der Waals surface area contributed by atoms with Crippen LogP contribution in [0.4, 0.5) is 0 Å². The molecule has 0 fully saturated rings. The number of fused-ring (bicyclic) bond motifs is 3. The summed E-state index contributed by atoms with van der Waals surface area (Å²) in [7, 11) is 0. The zero-order chi connectivity index (χ0) is 33.5. The Labute approximate surface area is 289 Å². The first-order valence-corrected chi connectivity index (χ1v) is 17.1. The average molecular weight is 632 g/mol. The molecule has 3 aromatic heterocycles. The molecule has 0 bridgehead atoms. The van der Waals surface area contributed by atoms with Gasteiger partial charge < -0.3 is 4.57 Å². The Morgan fingerprint density at radius 3 is 1.39 bits per heavy atom. The van der Waals surface area contributed by atoms with Crippen molar-refractivity contribution in [3.05, 3.63) is 179 Å². The molecule has 49 heavy (non-hydrogen) atoms. The largest absolute Gasteiger partial charge is 0.309 e. The van der Waals surface area contributed by atoms with E-state index in [0.29, 0.717) is 0 Å². The summed E-state index contributed by atoms with van der Waals surface area (Å²) >= 11 is 0. The Kier molecular flexibility index (Phi) is 7.93. The standard InChI is InChI=1S/C45H38BN3/c1-30-7-5-8-31(2)44(30)46(45-32(3)9-6-10-33(45)4)38-19-13-35(14-20-38)27-34-11-15-36(16-12-34)37-17-21-39(22-18-37)49-42-23-25-47-28-40(42)41-29-48-26-24-43(41)49/h5-26,28-29H,27H2,1-4H3. The number of nitrogens with zero attached hydrogens (tertiary/aromatic N) is 3. The van der Waals surface area contributed by atoms with Crippen LogP contribution in [0.3, 0.4) is 0 Å². The van der Waals surface area contributed by atoms with Crippen molar-refractivity contribution >= 4 is 44.9 Å². The van der Waals surface area contributed by atoms with Crippen LogP contribution in [-0.4, -0.2) is 21.2 Å². The topological polar surface area (TPSA) is 30.7 Å². The van der Waals surface area contributed by atoms with Crippen LogP contribution in [-0.2, 0) is 6.42 Å². The summed E-state index contributed by atoms with van der Waals surface area (Å²) in [5, 5.41) is 2.23. The number of hydrogen-bond acceptors (Lipinski definition) is 2. The highest BCUT2D eigenvalue weighted by Gasteiger charge is 2.27. The second-order valence-electron chi connectivity index (χ2n) is 13.3. The predicted octanol–water partition coefficient (Wildman–Crippen LogP) is 8.58. The third-order valence-corrected chi connectivity index (χ3v) is 10.2. The first-order chi connectivity index (χ1) is 24.0. The van der Waals surface area contributed by atoms with Gasteiger partial charge in [0, 0.05) is 41.2 Å². The number of aromatic nitrogens is 3. The minimum absolute atomic E-state index is 0.200. The van der Waals surface area contributed by atoms with Crippen molar-refractivity contribution in [2.45, 2.75) is 34.1 Å². The van der Waals surface area contributed by atoms with Crippen LogP contribution in [0.25, 0.3) is 38.6 Å². The van der Waals surface area contributed by atoms with Crippen LogP contribution in [0.5, 0.6) is 0 Å². The van der Waals surface area contributed by atoms with Crippen LogP contribution < -0.4 is 16.4 Å². The van der Waals surface area contributed by atoms with Gasteiger partial charge in [-0.3, -0.25) is 9.97 Å². The van der Waals surface area contributed by atoms with Crippen molar-refractivity contribution in [3.63, 3.8) is 0 Å². The number of aryl methyl sites for hydroxylation is 4. The molecule has 0 spiro atoms. The van der Waals surface area contributed by atoms with Gasteiger partial charge in [-0.2, -0.15) is 0 Å². The van der Waals surface area contributed by atoms with Crippen molar-refractivity contribution < 1.29 is 0 Å². The summed E-state index contributed by atoms with van der Waals surface area (Å²) in [6, 6.07) is 44.6. The third-order valence-electron chi connectivity index (χ3n) is 10.2. The second-order valence-corrected chi connectivity index (χ2v) is 13.3. The Hall–Kier alpha value is -5.74.